The fourth-order valence-corrected chi connectivity index (χ4v) is 4.30. The van der Waals surface area contributed by atoms with Crippen LogP contribution in [0.3, 0.4) is 0 Å². The van der Waals surface area contributed by atoms with Crippen LogP contribution < -0.4 is 15.5 Å². The molecule has 0 aliphatic carbocycles. The van der Waals surface area contributed by atoms with E-state index in [1.807, 2.05) is 0 Å². The molecule has 0 radical (unpaired) electrons. The Labute approximate surface area is 179 Å². The van der Waals surface area contributed by atoms with Gasteiger partial charge in [0.1, 0.15) is 11.3 Å². The van der Waals surface area contributed by atoms with Gasteiger partial charge >= 0.3 is 4.87 Å². The number of aromatic hydroxyl groups is 1. The molecule has 2 aromatic carbocycles. The first kappa shape index (κ1) is 22.5. The van der Waals surface area contributed by atoms with Crippen LogP contribution in [0.5, 0.6) is 5.75 Å². The molecule has 0 bridgehead atoms. The Bertz CT molecular complexity index is 1020. The molecule has 3 rings (SSSR count). The van der Waals surface area contributed by atoms with E-state index in [4.69, 9.17) is 4.74 Å². The molecule has 0 spiro atoms. The van der Waals surface area contributed by atoms with Crippen LogP contribution in [0.15, 0.2) is 41.2 Å². The number of aliphatic hydroxyl groups is 1. The van der Waals surface area contributed by atoms with Crippen LogP contribution in [0.25, 0.3) is 10.2 Å². The van der Waals surface area contributed by atoms with E-state index < -0.39 is 6.10 Å². The summed E-state index contributed by atoms with van der Waals surface area (Å²) in [6.45, 7) is 4.65. The minimum atomic E-state index is -0.766. The van der Waals surface area contributed by atoms with Gasteiger partial charge in [-0.15, -0.1) is 0 Å². The predicted molar refractivity (Wildman–Crippen MR) is 120 cm³/mol. The summed E-state index contributed by atoms with van der Waals surface area (Å²) in [5, 5.41) is 27.1. The zero-order valence-corrected chi connectivity index (χ0v) is 18.1. The fraction of sp³-hybridized carbons (Fsp3) is 0.409. The number of ether oxygens (including phenoxy) is 1. The average Bonchev–Trinajstić information content (AvgIpc) is 3.12. The molecule has 7 nitrogen and oxygen atoms in total. The normalized spacial score (nSPS) is 13.6. The fourth-order valence-electron chi connectivity index (χ4n) is 3.38. The SMILES string of the molecule is COCC(C)NCc1cccc(CCNC[C@H](O)c2ccc(O)c3[nH]c(=O)sc23)c1. The van der Waals surface area contributed by atoms with Crippen LogP contribution in [-0.2, 0) is 17.7 Å². The second-order valence-electron chi connectivity index (χ2n) is 7.42. The number of methoxy groups -OCH3 is 1. The molecular formula is C22H29N3O4S. The van der Waals surface area contributed by atoms with Crippen molar-refractivity contribution in [1.82, 2.24) is 15.6 Å². The number of rotatable bonds is 11. The Morgan fingerprint density at radius 1 is 1.23 bits per heavy atom. The van der Waals surface area contributed by atoms with Crippen molar-refractivity contribution in [2.45, 2.75) is 32.0 Å². The molecule has 0 saturated carbocycles. The Kier molecular flexibility index (Phi) is 8.01. The van der Waals surface area contributed by atoms with E-state index in [9.17, 15) is 15.0 Å². The molecule has 2 atom stereocenters. The number of thiazole rings is 1. The summed E-state index contributed by atoms with van der Waals surface area (Å²) in [6, 6.07) is 11.9. The highest BCUT2D eigenvalue weighted by molar-refractivity contribution is 7.16. The third-order valence-electron chi connectivity index (χ3n) is 4.94. The van der Waals surface area contributed by atoms with Gasteiger partial charge in [0.2, 0.25) is 0 Å². The zero-order chi connectivity index (χ0) is 21.5. The molecule has 30 heavy (non-hydrogen) atoms. The average molecular weight is 432 g/mol. The maximum atomic E-state index is 11.6. The number of aromatic amines is 1. The molecule has 1 heterocycles. The summed E-state index contributed by atoms with van der Waals surface area (Å²) < 4.78 is 5.74. The molecule has 0 aliphatic rings. The molecular weight excluding hydrogens is 402 g/mol. The molecule has 0 amide bonds. The second-order valence-corrected chi connectivity index (χ2v) is 8.40. The van der Waals surface area contributed by atoms with E-state index >= 15 is 0 Å². The molecule has 0 aliphatic heterocycles. The lowest BCUT2D eigenvalue weighted by atomic mass is 10.1. The highest BCUT2D eigenvalue weighted by Gasteiger charge is 2.15. The first-order chi connectivity index (χ1) is 14.5. The number of hydrogen-bond donors (Lipinski definition) is 5. The number of fused-ring (bicyclic) bond motifs is 1. The van der Waals surface area contributed by atoms with Gasteiger partial charge in [0.15, 0.2) is 0 Å². The predicted octanol–water partition coefficient (Wildman–Crippen LogP) is 2.29. The third kappa shape index (κ3) is 5.90. The van der Waals surface area contributed by atoms with E-state index in [1.54, 1.807) is 13.2 Å². The van der Waals surface area contributed by atoms with Gasteiger partial charge in [0, 0.05) is 31.8 Å². The summed E-state index contributed by atoms with van der Waals surface area (Å²) in [7, 11) is 1.70. The van der Waals surface area contributed by atoms with E-state index in [0.29, 0.717) is 35.0 Å². The Morgan fingerprint density at radius 2 is 2.03 bits per heavy atom. The molecule has 8 heteroatoms. The Balaban J connectivity index is 1.50. The summed E-state index contributed by atoms with van der Waals surface area (Å²) in [5.74, 6) is 0.0123. The number of H-pyrrole nitrogens is 1. The lowest BCUT2D eigenvalue weighted by molar-refractivity contribution is 0.171. The van der Waals surface area contributed by atoms with Crippen LogP contribution in [0.1, 0.15) is 29.7 Å². The van der Waals surface area contributed by atoms with Crippen molar-refractivity contribution in [3.63, 3.8) is 0 Å². The topological polar surface area (TPSA) is 107 Å². The first-order valence-corrected chi connectivity index (χ1v) is 10.8. The lowest BCUT2D eigenvalue weighted by Gasteiger charge is -2.14. The smallest absolute Gasteiger partial charge is 0.305 e. The molecule has 5 N–H and O–H groups in total. The van der Waals surface area contributed by atoms with Crippen LogP contribution in [0.4, 0.5) is 0 Å². The molecule has 0 saturated heterocycles. The van der Waals surface area contributed by atoms with Gasteiger partial charge in [-0.1, -0.05) is 41.7 Å². The monoisotopic (exact) mass is 431 g/mol. The molecule has 1 aromatic heterocycles. The number of nitrogens with one attached hydrogen (secondary N) is 3. The maximum absolute atomic E-state index is 11.6. The summed E-state index contributed by atoms with van der Waals surface area (Å²) in [4.78, 5) is 14.0. The minimum Gasteiger partial charge on any atom is -0.506 e. The minimum absolute atomic E-state index is 0.0123. The molecule has 1 unspecified atom stereocenters. The summed E-state index contributed by atoms with van der Waals surface area (Å²) >= 11 is 0.996. The lowest BCUT2D eigenvalue weighted by Crippen LogP contribution is -2.29. The molecule has 0 fully saturated rings. The Morgan fingerprint density at radius 3 is 2.83 bits per heavy atom. The van der Waals surface area contributed by atoms with Crippen LogP contribution >= 0.6 is 11.3 Å². The number of aromatic nitrogens is 1. The van der Waals surface area contributed by atoms with Crippen LogP contribution in [0.2, 0.25) is 0 Å². The van der Waals surface area contributed by atoms with Crippen molar-refractivity contribution in [2.75, 3.05) is 26.8 Å². The van der Waals surface area contributed by atoms with Gasteiger partial charge in [-0.3, -0.25) is 4.79 Å². The molecule has 162 valence electrons. The van der Waals surface area contributed by atoms with Crippen LogP contribution in [-0.4, -0.2) is 48.0 Å². The van der Waals surface area contributed by atoms with Gasteiger partial charge < -0.3 is 30.6 Å². The van der Waals surface area contributed by atoms with Gasteiger partial charge in [-0.2, -0.15) is 0 Å². The third-order valence-corrected chi connectivity index (χ3v) is 5.87. The van der Waals surface area contributed by atoms with Crippen molar-refractivity contribution in [1.29, 1.82) is 0 Å². The van der Waals surface area contributed by atoms with Crippen LogP contribution in [0, 0.1) is 0 Å². The van der Waals surface area contributed by atoms with Gasteiger partial charge in [-0.05, 0) is 37.1 Å². The van der Waals surface area contributed by atoms with E-state index in [2.05, 4.69) is 46.8 Å². The quantitative estimate of drug-likeness (QED) is 0.298. The number of phenols is 1. The van der Waals surface area contributed by atoms with Gasteiger partial charge in [0.05, 0.1) is 17.4 Å². The number of benzene rings is 2. The zero-order valence-electron chi connectivity index (χ0n) is 17.3. The standard InChI is InChI=1S/C22H29N3O4S/c1-14(13-29-2)24-11-16-5-3-4-15(10-16)8-9-23-12-19(27)17-6-7-18(26)20-21(17)30-22(28)25-20/h3-7,10,14,19,23-24,26-27H,8-9,11-13H2,1-2H3,(H,25,28)/t14?,19-/m0/s1. The van der Waals surface area contributed by atoms with Crippen molar-refractivity contribution < 1.29 is 14.9 Å². The largest absolute Gasteiger partial charge is 0.506 e. The van der Waals surface area contributed by atoms with E-state index in [-0.39, 0.29) is 10.6 Å². The van der Waals surface area contributed by atoms with Gasteiger partial charge in [-0.25, -0.2) is 0 Å². The van der Waals surface area contributed by atoms with E-state index in [0.717, 1.165) is 30.8 Å². The van der Waals surface area contributed by atoms with Gasteiger partial charge in [0.25, 0.3) is 0 Å². The van der Waals surface area contributed by atoms with E-state index in [1.165, 1.54) is 17.2 Å². The number of aliphatic hydroxyl groups excluding tert-OH is 1. The van der Waals surface area contributed by atoms with Crippen molar-refractivity contribution >= 4 is 21.6 Å². The molecule has 3 aromatic rings. The highest BCUT2D eigenvalue weighted by Crippen LogP contribution is 2.31. The number of hydrogen-bond acceptors (Lipinski definition) is 7. The highest BCUT2D eigenvalue weighted by atomic mass is 32.1. The van der Waals surface area contributed by atoms with Crippen molar-refractivity contribution in [3.8, 4) is 5.75 Å². The maximum Gasteiger partial charge on any atom is 0.305 e. The van der Waals surface area contributed by atoms with Crippen molar-refractivity contribution in [3.05, 3.63) is 62.8 Å². The first-order valence-electron chi connectivity index (χ1n) is 10.0. The number of phenolic OH excluding ortho intramolecular Hbond substituents is 1. The summed E-state index contributed by atoms with van der Waals surface area (Å²) in [6.07, 6.45) is 0.0776. The Hall–Kier alpha value is -2.23. The van der Waals surface area contributed by atoms with Crippen molar-refractivity contribution in [2.24, 2.45) is 0 Å². The second kappa shape index (κ2) is 10.7. The summed E-state index contributed by atoms with van der Waals surface area (Å²) in [5.41, 5.74) is 3.47.